The van der Waals surface area contributed by atoms with E-state index in [2.05, 4.69) is 47.7 Å². The minimum atomic E-state index is 0.257. The van der Waals surface area contributed by atoms with Crippen LogP contribution in [0.5, 0.6) is 0 Å². The Bertz CT molecular complexity index is 511. The van der Waals surface area contributed by atoms with Gasteiger partial charge in [-0.05, 0) is 44.4 Å². The van der Waals surface area contributed by atoms with Gasteiger partial charge in [-0.1, -0.05) is 19.1 Å². The monoisotopic (exact) mass is 243 g/mol. The third kappa shape index (κ3) is 2.62. The van der Waals surface area contributed by atoms with E-state index < -0.39 is 0 Å². The first-order chi connectivity index (χ1) is 8.61. The van der Waals surface area contributed by atoms with Crippen LogP contribution in [0.2, 0.25) is 0 Å². The molecule has 0 spiro atoms. The fourth-order valence-electron chi connectivity index (χ4n) is 2.00. The van der Waals surface area contributed by atoms with Crippen LogP contribution < -0.4 is 5.73 Å². The second-order valence-electron chi connectivity index (χ2n) is 4.82. The summed E-state index contributed by atoms with van der Waals surface area (Å²) in [6.07, 6.45) is 3.83. The molecule has 3 nitrogen and oxygen atoms in total. The molecule has 1 heterocycles. The molecule has 1 atom stereocenters. The van der Waals surface area contributed by atoms with Gasteiger partial charge >= 0.3 is 0 Å². The number of rotatable bonds is 4. The van der Waals surface area contributed by atoms with E-state index in [1.165, 1.54) is 11.3 Å². The molecule has 1 aromatic heterocycles. The van der Waals surface area contributed by atoms with Crippen LogP contribution in [0.3, 0.4) is 0 Å². The lowest BCUT2D eigenvalue weighted by atomic mass is 10.0. The molecule has 0 radical (unpaired) electrons. The molecule has 96 valence electrons. The summed E-state index contributed by atoms with van der Waals surface area (Å²) in [5.74, 6) is 0. The average Bonchev–Trinajstić information content (AvgIpc) is 2.71. The zero-order valence-electron chi connectivity index (χ0n) is 11.4. The SMILES string of the molecule is CCC(N)Cc1ccc(-n2cnc(C)c2C)cc1. The molecule has 0 saturated heterocycles. The van der Waals surface area contributed by atoms with Crippen molar-refractivity contribution in [3.8, 4) is 5.69 Å². The first-order valence-electron chi connectivity index (χ1n) is 6.47. The fourth-order valence-corrected chi connectivity index (χ4v) is 2.00. The van der Waals surface area contributed by atoms with Crippen molar-refractivity contribution in [2.24, 2.45) is 5.73 Å². The maximum absolute atomic E-state index is 5.97. The van der Waals surface area contributed by atoms with Gasteiger partial charge in [0.2, 0.25) is 0 Å². The molecule has 0 aliphatic heterocycles. The van der Waals surface area contributed by atoms with E-state index in [0.717, 1.165) is 24.2 Å². The number of nitrogens with zero attached hydrogens (tertiary/aromatic N) is 2. The molecular formula is C15H21N3. The van der Waals surface area contributed by atoms with Crippen molar-refractivity contribution in [1.82, 2.24) is 9.55 Å². The Morgan fingerprint density at radius 1 is 1.22 bits per heavy atom. The highest BCUT2D eigenvalue weighted by Crippen LogP contribution is 2.15. The summed E-state index contributed by atoms with van der Waals surface area (Å²) in [7, 11) is 0. The van der Waals surface area contributed by atoms with Gasteiger partial charge in [0.15, 0.2) is 0 Å². The molecule has 2 aromatic rings. The number of aryl methyl sites for hydroxylation is 1. The quantitative estimate of drug-likeness (QED) is 0.897. The highest BCUT2D eigenvalue weighted by atomic mass is 15.1. The molecule has 0 aliphatic rings. The van der Waals surface area contributed by atoms with E-state index in [4.69, 9.17) is 5.73 Å². The van der Waals surface area contributed by atoms with Crippen molar-refractivity contribution in [2.75, 3.05) is 0 Å². The van der Waals surface area contributed by atoms with Gasteiger partial charge in [0.05, 0.1) is 12.0 Å². The zero-order valence-corrected chi connectivity index (χ0v) is 11.4. The Hall–Kier alpha value is -1.61. The van der Waals surface area contributed by atoms with Gasteiger partial charge < -0.3 is 10.3 Å². The lowest BCUT2D eigenvalue weighted by Crippen LogP contribution is -2.21. The largest absolute Gasteiger partial charge is 0.327 e. The number of imidazole rings is 1. The van der Waals surface area contributed by atoms with Crippen LogP contribution in [0, 0.1) is 13.8 Å². The standard InChI is InChI=1S/C15H21N3/c1-4-14(16)9-13-5-7-15(8-6-13)18-10-17-11(2)12(18)3/h5-8,10,14H,4,9,16H2,1-3H3. The van der Waals surface area contributed by atoms with Gasteiger partial charge in [0, 0.05) is 17.4 Å². The van der Waals surface area contributed by atoms with E-state index >= 15 is 0 Å². The lowest BCUT2D eigenvalue weighted by Gasteiger charge is -2.10. The average molecular weight is 243 g/mol. The molecule has 0 saturated carbocycles. The predicted molar refractivity (Wildman–Crippen MR) is 75.0 cm³/mol. The van der Waals surface area contributed by atoms with Gasteiger partial charge in [0.25, 0.3) is 0 Å². The Labute approximate surface area is 109 Å². The number of hydrogen-bond donors (Lipinski definition) is 1. The minimum Gasteiger partial charge on any atom is -0.327 e. The summed E-state index contributed by atoms with van der Waals surface area (Å²) in [6.45, 7) is 6.24. The number of hydrogen-bond acceptors (Lipinski definition) is 2. The van der Waals surface area contributed by atoms with Crippen molar-refractivity contribution in [1.29, 1.82) is 0 Å². The minimum absolute atomic E-state index is 0.257. The van der Waals surface area contributed by atoms with Crippen LogP contribution >= 0.6 is 0 Å². The smallest absolute Gasteiger partial charge is 0.0997 e. The molecule has 0 aliphatic carbocycles. The van der Waals surface area contributed by atoms with Crippen LogP contribution in [0.25, 0.3) is 5.69 Å². The number of aromatic nitrogens is 2. The van der Waals surface area contributed by atoms with Crippen molar-refractivity contribution in [2.45, 2.75) is 39.7 Å². The van der Waals surface area contributed by atoms with Gasteiger partial charge in [-0.2, -0.15) is 0 Å². The second-order valence-corrected chi connectivity index (χ2v) is 4.82. The Morgan fingerprint density at radius 2 is 1.89 bits per heavy atom. The van der Waals surface area contributed by atoms with Gasteiger partial charge in [-0.25, -0.2) is 4.98 Å². The van der Waals surface area contributed by atoms with Crippen molar-refractivity contribution in [3.05, 3.63) is 47.5 Å². The summed E-state index contributed by atoms with van der Waals surface area (Å²) in [5.41, 5.74) is 10.7. The van der Waals surface area contributed by atoms with E-state index in [0.29, 0.717) is 0 Å². The summed E-state index contributed by atoms with van der Waals surface area (Å²) in [5, 5.41) is 0. The molecule has 0 fully saturated rings. The van der Waals surface area contributed by atoms with Gasteiger partial charge in [-0.3, -0.25) is 0 Å². The molecule has 3 heteroatoms. The predicted octanol–water partition coefficient (Wildman–Crippen LogP) is 2.77. The van der Waals surface area contributed by atoms with Crippen molar-refractivity contribution >= 4 is 0 Å². The van der Waals surface area contributed by atoms with Gasteiger partial charge in [-0.15, -0.1) is 0 Å². The number of benzene rings is 1. The molecule has 18 heavy (non-hydrogen) atoms. The highest BCUT2D eigenvalue weighted by molar-refractivity contribution is 5.37. The maximum atomic E-state index is 5.97. The van der Waals surface area contributed by atoms with E-state index in [1.807, 2.05) is 13.3 Å². The third-order valence-corrected chi connectivity index (χ3v) is 3.49. The summed E-state index contributed by atoms with van der Waals surface area (Å²) >= 11 is 0. The number of nitrogens with two attached hydrogens (primary N) is 1. The van der Waals surface area contributed by atoms with Crippen LogP contribution in [-0.4, -0.2) is 15.6 Å². The topological polar surface area (TPSA) is 43.8 Å². The third-order valence-electron chi connectivity index (χ3n) is 3.49. The van der Waals surface area contributed by atoms with Crippen molar-refractivity contribution < 1.29 is 0 Å². The normalized spacial score (nSPS) is 12.7. The molecule has 2 N–H and O–H groups in total. The fraction of sp³-hybridized carbons (Fsp3) is 0.400. The van der Waals surface area contributed by atoms with Crippen LogP contribution in [0.1, 0.15) is 30.3 Å². The summed E-state index contributed by atoms with van der Waals surface area (Å²) < 4.78 is 2.11. The van der Waals surface area contributed by atoms with Crippen LogP contribution in [0.4, 0.5) is 0 Å². The van der Waals surface area contributed by atoms with E-state index in [9.17, 15) is 0 Å². The molecule has 0 bridgehead atoms. The van der Waals surface area contributed by atoms with E-state index in [-0.39, 0.29) is 6.04 Å². The van der Waals surface area contributed by atoms with Crippen LogP contribution in [-0.2, 0) is 6.42 Å². The summed E-state index contributed by atoms with van der Waals surface area (Å²) in [6, 6.07) is 8.82. The van der Waals surface area contributed by atoms with Crippen LogP contribution in [0.15, 0.2) is 30.6 Å². The Morgan fingerprint density at radius 3 is 2.39 bits per heavy atom. The molecule has 1 aromatic carbocycles. The van der Waals surface area contributed by atoms with Crippen molar-refractivity contribution in [3.63, 3.8) is 0 Å². The summed E-state index contributed by atoms with van der Waals surface area (Å²) in [4.78, 5) is 4.32. The molecule has 0 amide bonds. The first kappa shape index (κ1) is 12.8. The maximum Gasteiger partial charge on any atom is 0.0997 e. The lowest BCUT2D eigenvalue weighted by molar-refractivity contribution is 0.646. The molecular weight excluding hydrogens is 222 g/mol. The second kappa shape index (κ2) is 5.36. The highest BCUT2D eigenvalue weighted by Gasteiger charge is 2.05. The Balaban J connectivity index is 2.20. The Kier molecular flexibility index (Phi) is 3.82. The van der Waals surface area contributed by atoms with E-state index in [1.54, 1.807) is 0 Å². The molecule has 1 unspecified atom stereocenters. The zero-order chi connectivity index (χ0) is 13.1. The first-order valence-corrected chi connectivity index (χ1v) is 6.47. The molecule has 2 rings (SSSR count). The van der Waals surface area contributed by atoms with Gasteiger partial charge in [0.1, 0.15) is 0 Å².